The van der Waals surface area contributed by atoms with Crippen LogP contribution in [0.1, 0.15) is 23.8 Å². The molecule has 0 unspecified atom stereocenters. The van der Waals surface area contributed by atoms with Gasteiger partial charge in [0, 0.05) is 23.3 Å². The fourth-order valence-corrected chi connectivity index (χ4v) is 3.23. The lowest BCUT2D eigenvalue weighted by molar-refractivity contribution is 0.699. The average molecular weight is 326 g/mol. The lowest BCUT2D eigenvalue weighted by Crippen LogP contribution is -2.23. The molecule has 1 N–H and O–H groups in total. The second-order valence-corrected chi connectivity index (χ2v) is 6.83. The van der Waals surface area contributed by atoms with Gasteiger partial charge < -0.3 is 9.88 Å². The van der Waals surface area contributed by atoms with E-state index < -0.39 is 0 Å². The van der Waals surface area contributed by atoms with E-state index in [4.69, 9.17) is 0 Å². The van der Waals surface area contributed by atoms with Crippen LogP contribution in [-0.2, 0) is 6.54 Å². The van der Waals surface area contributed by atoms with E-state index in [0.29, 0.717) is 18.4 Å². The largest absolute Gasteiger partial charge is 0.361 e. The Morgan fingerprint density at radius 3 is 3.00 bits per heavy atom. The van der Waals surface area contributed by atoms with E-state index in [9.17, 15) is 4.79 Å². The van der Waals surface area contributed by atoms with Crippen molar-refractivity contribution in [2.45, 2.75) is 25.4 Å². The van der Waals surface area contributed by atoms with Crippen LogP contribution < -0.4 is 10.9 Å². The summed E-state index contributed by atoms with van der Waals surface area (Å²) in [5.74, 6) is 0.439. The molecule has 0 bridgehead atoms. The smallest absolute Gasteiger partial charge is 0.293 e. The molecule has 0 saturated heterocycles. The Balaban J connectivity index is 1.76. The molecule has 3 rings (SSSR count). The third-order valence-electron chi connectivity index (χ3n) is 2.87. The van der Waals surface area contributed by atoms with Crippen LogP contribution in [0.25, 0.3) is 0 Å². The van der Waals surface area contributed by atoms with Crippen molar-refractivity contribution in [3.8, 4) is 0 Å². The molecule has 0 radical (unpaired) electrons. The van der Waals surface area contributed by atoms with Gasteiger partial charge in [-0.05, 0) is 40.9 Å². The van der Waals surface area contributed by atoms with Crippen LogP contribution in [0.3, 0.4) is 0 Å². The number of anilines is 1. The minimum absolute atomic E-state index is 0.0179. The number of thiophene rings is 1. The zero-order valence-corrected chi connectivity index (χ0v) is 12.0. The van der Waals surface area contributed by atoms with E-state index in [1.807, 2.05) is 12.1 Å². The Morgan fingerprint density at radius 1 is 1.50 bits per heavy atom. The van der Waals surface area contributed by atoms with E-state index >= 15 is 0 Å². The monoisotopic (exact) mass is 325 g/mol. The van der Waals surface area contributed by atoms with Crippen LogP contribution in [0, 0.1) is 0 Å². The highest BCUT2D eigenvalue weighted by Gasteiger charge is 2.25. The van der Waals surface area contributed by atoms with Crippen LogP contribution in [0.4, 0.5) is 5.82 Å². The quantitative estimate of drug-likeness (QED) is 0.939. The summed E-state index contributed by atoms with van der Waals surface area (Å²) in [7, 11) is 0. The second-order valence-electron chi connectivity index (χ2n) is 4.28. The van der Waals surface area contributed by atoms with Gasteiger partial charge in [-0.15, -0.1) is 11.3 Å². The molecule has 6 heteroatoms. The van der Waals surface area contributed by atoms with Crippen LogP contribution in [0.5, 0.6) is 0 Å². The molecule has 2 aromatic heterocycles. The van der Waals surface area contributed by atoms with Crippen molar-refractivity contribution in [2.75, 3.05) is 5.32 Å². The summed E-state index contributed by atoms with van der Waals surface area (Å²) in [6, 6.07) is 4.42. The lowest BCUT2D eigenvalue weighted by atomic mass is 10.4. The number of halogens is 1. The summed E-state index contributed by atoms with van der Waals surface area (Å²) in [5, 5.41) is 3.11. The van der Waals surface area contributed by atoms with Gasteiger partial charge in [0.25, 0.3) is 5.56 Å². The maximum atomic E-state index is 12.1. The van der Waals surface area contributed by atoms with E-state index in [-0.39, 0.29) is 5.56 Å². The van der Waals surface area contributed by atoms with Crippen LogP contribution in [0.2, 0.25) is 0 Å². The zero-order valence-electron chi connectivity index (χ0n) is 9.60. The molecule has 0 aliphatic heterocycles. The highest BCUT2D eigenvalue weighted by atomic mass is 79.9. The van der Waals surface area contributed by atoms with Crippen molar-refractivity contribution in [3.63, 3.8) is 0 Å². The zero-order chi connectivity index (χ0) is 12.5. The summed E-state index contributed by atoms with van der Waals surface area (Å²) in [6.07, 6.45) is 5.65. The molecule has 0 amide bonds. The van der Waals surface area contributed by atoms with Gasteiger partial charge in [0.2, 0.25) is 0 Å². The molecule has 1 saturated carbocycles. The Bertz CT molecular complexity index is 618. The molecule has 0 spiro atoms. The van der Waals surface area contributed by atoms with Crippen molar-refractivity contribution < 1.29 is 0 Å². The maximum absolute atomic E-state index is 12.1. The minimum atomic E-state index is -0.0179. The van der Waals surface area contributed by atoms with Gasteiger partial charge in [-0.25, -0.2) is 4.98 Å². The summed E-state index contributed by atoms with van der Waals surface area (Å²) in [4.78, 5) is 17.4. The highest BCUT2D eigenvalue weighted by molar-refractivity contribution is 9.11. The van der Waals surface area contributed by atoms with Crippen LogP contribution in [0.15, 0.2) is 33.1 Å². The topological polar surface area (TPSA) is 46.9 Å². The first kappa shape index (κ1) is 11.9. The average Bonchev–Trinajstić information content (AvgIpc) is 3.11. The molecule has 1 aliphatic carbocycles. The van der Waals surface area contributed by atoms with Gasteiger partial charge in [0.1, 0.15) is 0 Å². The molecule has 2 heterocycles. The van der Waals surface area contributed by atoms with Gasteiger partial charge in [-0.1, -0.05) is 0 Å². The predicted molar refractivity (Wildman–Crippen MR) is 76.1 cm³/mol. The molecular weight excluding hydrogens is 314 g/mol. The van der Waals surface area contributed by atoms with E-state index in [2.05, 4.69) is 26.2 Å². The van der Waals surface area contributed by atoms with Crippen LogP contribution in [-0.4, -0.2) is 9.55 Å². The normalized spacial score (nSPS) is 14.7. The highest BCUT2D eigenvalue weighted by Crippen LogP contribution is 2.33. The number of aromatic nitrogens is 2. The van der Waals surface area contributed by atoms with E-state index in [1.165, 1.54) is 4.88 Å². The van der Waals surface area contributed by atoms with E-state index in [1.54, 1.807) is 28.3 Å². The van der Waals surface area contributed by atoms with Gasteiger partial charge in [0.05, 0.1) is 10.3 Å². The maximum Gasteiger partial charge on any atom is 0.293 e. The molecule has 4 nitrogen and oxygen atoms in total. The van der Waals surface area contributed by atoms with Crippen molar-refractivity contribution in [1.29, 1.82) is 0 Å². The third-order valence-corrected chi connectivity index (χ3v) is 4.49. The van der Waals surface area contributed by atoms with Gasteiger partial charge in [-0.2, -0.15) is 0 Å². The second kappa shape index (κ2) is 4.85. The fraction of sp³-hybridized carbons (Fsp3) is 0.333. The van der Waals surface area contributed by atoms with Gasteiger partial charge in [-0.3, -0.25) is 4.79 Å². The molecule has 1 fully saturated rings. The first-order valence-corrected chi connectivity index (χ1v) is 7.40. The van der Waals surface area contributed by atoms with Crippen LogP contribution >= 0.6 is 27.3 Å². The summed E-state index contributed by atoms with van der Waals surface area (Å²) >= 11 is 5.07. The molecule has 2 aromatic rings. The molecule has 1 aliphatic rings. The minimum Gasteiger partial charge on any atom is -0.361 e. The number of rotatable bonds is 4. The number of nitrogens with one attached hydrogen (secondary N) is 1. The summed E-state index contributed by atoms with van der Waals surface area (Å²) < 4.78 is 2.87. The number of hydrogen-bond donors (Lipinski definition) is 1. The lowest BCUT2D eigenvalue weighted by Gasteiger charge is -2.07. The molecule has 18 heavy (non-hydrogen) atoms. The predicted octanol–water partition coefficient (Wildman–Crippen LogP) is 3.01. The Hall–Kier alpha value is -1.14. The first-order valence-electron chi connectivity index (χ1n) is 5.79. The fourth-order valence-electron chi connectivity index (χ4n) is 1.80. The Morgan fingerprint density at radius 2 is 2.33 bits per heavy atom. The van der Waals surface area contributed by atoms with Crippen molar-refractivity contribution in [3.05, 3.63) is 43.5 Å². The standard InChI is InChI=1S/C12H12BrN3OS/c13-10-4-3-9(18-10)7-15-11-12(17)16(6-5-14-11)8-1-2-8/h3-6,8H,1-2,7H2,(H,14,15). The number of hydrogen-bond acceptors (Lipinski definition) is 4. The Labute approximate surface area is 117 Å². The Kier molecular flexibility index (Phi) is 3.22. The molecule has 0 aromatic carbocycles. The summed E-state index contributed by atoms with van der Waals surface area (Å²) in [6.45, 7) is 0.632. The number of nitrogens with zero attached hydrogens (tertiary/aromatic N) is 2. The first-order chi connectivity index (χ1) is 8.74. The third kappa shape index (κ3) is 2.49. The molecule has 0 atom stereocenters. The van der Waals surface area contributed by atoms with Gasteiger partial charge >= 0.3 is 0 Å². The van der Waals surface area contributed by atoms with Crippen molar-refractivity contribution in [2.24, 2.45) is 0 Å². The van der Waals surface area contributed by atoms with Crippen molar-refractivity contribution >= 4 is 33.1 Å². The van der Waals surface area contributed by atoms with Gasteiger partial charge in [0.15, 0.2) is 5.82 Å². The van der Waals surface area contributed by atoms with E-state index in [0.717, 1.165) is 16.6 Å². The van der Waals surface area contributed by atoms with Crippen molar-refractivity contribution in [1.82, 2.24) is 9.55 Å². The SMILES string of the molecule is O=c1c(NCc2ccc(Br)s2)nccn1C1CC1. The molecular formula is C12H12BrN3OS. The molecule has 94 valence electrons. The summed E-state index contributed by atoms with van der Waals surface area (Å²) in [5.41, 5.74) is -0.0179.